The van der Waals surface area contributed by atoms with Crippen molar-refractivity contribution in [3.8, 4) is 11.1 Å². The normalized spacial score (nSPS) is 21.2. The highest BCUT2D eigenvalue weighted by Crippen LogP contribution is 2.37. The van der Waals surface area contributed by atoms with Gasteiger partial charge in [0.05, 0.1) is 5.41 Å². The summed E-state index contributed by atoms with van der Waals surface area (Å²) in [6.07, 6.45) is 0.638. The number of amides is 2. The molecule has 1 aliphatic heterocycles. The van der Waals surface area contributed by atoms with Crippen molar-refractivity contribution in [1.82, 2.24) is 10.4 Å². The van der Waals surface area contributed by atoms with Gasteiger partial charge in [0, 0.05) is 6.54 Å². The molecule has 5 nitrogen and oxygen atoms in total. The van der Waals surface area contributed by atoms with E-state index in [0.717, 1.165) is 16.7 Å². The second-order valence-corrected chi connectivity index (χ2v) is 6.68. The first-order chi connectivity index (χ1) is 12.0. The highest BCUT2D eigenvalue weighted by molar-refractivity contribution is 5.94. The molecule has 3 rings (SSSR count). The zero-order valence-electron chi connectivity index (χ0n) is 14.4. The van der Waals surface area contributed by atoms with Crippen LogP contribution in [0.1, 0.15) is 25.8 Å². The van der Waals surface area contributed by atoms with Crippen LogP contribution in [0.25, 0.3) is 11.1 Å². The SMILES string of the molecule is CC(C(=O)NO)N1CCC(C)(c2ccc(-c3ccccc3)cc2)C1=O. The molecule has 2 aromatic rings. The van der Waals surface area contributed by atoms with Crippen molar-refractivity contribution < 1.29 is 14.8 Å². The number of hydrogen-bond acceptors (Lipinski definition) is 3. The summed E-state index contributed by atoms with van der Waals surface area (Å²) < 4.78 is 0. The number of likely N-dealkylation sites (tertiary alicyclic amines) is 1. The van der Waals surface area contributed by atoms with E-state index in [2.05, 4.69) is 0 Å². The molecule has 1 saturated heterocycles. The van der Waals surface area contributed by atoms with Crippen LogP contribution < -0.4 is 5.48 Å². The van der Waals surface area contributed by atoms with Crippen molar-refractivity contribution in [2.24, 2.45) is 0 Å². The molecule has 0 aliphatic carbocycles. The molecule has 0 bridgehead atoms. The number of hydroxylamine groups is 1. The molecule has 1 fully saturated rings. The summed E-state index contributed by atoms with van der Waals surface area (Å²) in [6.45, 7) is 4.02. The molecule has 0 saturated carbocycles. The van der Waals surface area contributed by atoms with Gasteiger partial charge in [-0.3, -0.25) is 14.8 Å². The topological polar surface area (TPSA) is 69.6 Å². The number of carbonyl (C=O) groups excluding carboxylic acids is 2. The van der Waals surface area contributed by atoms with Crippen LogP contribution in [0.5, 0.6) is 0 Å². The number of nitrogens with one attached hydrogen (secondary N) is 1. The van der Waals surface area contributed by atoms with Crippen LogP contribution in [0.15, 0.2) is 54.6 Å². The van der Waals surface area contributed by atoms with Crippen LogP contribution in [0.4, 0.5) is 0 Å². The second-order valence-electron chi connectivity index (χ2n) is 6.68. The van der Waals surface area contributed by atoms with Crippen LogP contribution >= 0.6 is 0 Å². The predicted octanol–water partition coefficient (Wildman–Crippen LogP) is 2.74. The number of benzene rings is 2. The summed E-state index contributed by atoms with van der Waals surface area (Å²) in [6, 6.07) is 17.4. The Balaban J connectivity index is 1.84. The minimum Gasteiger partial charge on any atom is -0.330 e. The maximum atomic E-state index is 12.9. The van der Waals surface area contributed by atoms with Gasteiger partial charge in [-0.15, -0.1) is 0 Å². The Morgan fingerprint density at radius 3 is 2.32 bits per heavy atom. The number of rotatable bonds is 4. The molecule has 0 radical (unpaired) electrons. The van der Waals surface area contributed by atoms with Crippen LogP contribution in [0.3, 0.4) is 0 Å². The maximum Gasteiger partial charge on any atom is 0.265 e. The average molecular weight is 338 g/mol. The molecule has 2 unspecified atom stereocenters. The lowest BCUT2D eigenvalue weighted by Crippen LogP contribution is -2.47. The van der Waals surface area contributed by atoms with Crippen molar-refractivity contribution in [1.29, 1.82) is 0 Å². The fourth-order valence-corrected chi connectivity index (χ4v) is 3.40. The summed E-state index contributed by atoms with van der Waals surface area (Å²) >= 11 is 0. The van der Waals surface area contributed by atoms with Crippen LogP contribution in [0, 0.1) is 0 Å². The molecule has 2 amide bonds. The third-order valence-electron chi connectivity index (χ3n) is 5.17. The summed E-state index contributed by atoms with van der Waals surface area (Å²) in [5, 5.41) is 8.80. The molecular weight excluding hydrogens is 316 g/mol. The first-order valence-electron chi connectivity index (χ1n) is 8.38. The average Bonchev–Trinajstić information content (AvgIpc) is 2.97. The zero-order valence-corrected chi connectivity index (χ0v) is 14.4. The van der Waals surface area contributed by atoms with Gasteiger partial charge in [-0.05, 0) is 37.0 Å². The van der Waals surface area contributed by atoms with Gasteiger partial charge in [-0.25, -0.2) is 5.48 Å². The van der Waals surface area contributed by atoms with Crippen molar-refractivity contribution in [3.63, 3.8) is 0 Å². The van der Waals surface area contributed by atoms with E-state index < -0.39 is 17.4 Å². The molecule has 2 aromatic carbocycles. The van der Waals surface area contributed by atoms with E-state index in [4.69, 9.17) is 5.21 Å². The summed E-state index contributed by atoms with van der Waals surface area (Å²) in [5.41, 5.74) is 4.14. The van der Waals surface area contributed by atoms with Gasteiger partial charge in [0.25, 0.3) is 5.91 Å². The number of hydrogen-bond donors (Lipinski definition) is 2. The van der Waals surface area contributed by atoms with E-state index >= 15 is 0 Å². The minimum atomic E-state index is -0.692. The van der Waals surface area contributed by atoms with E-state index in [1.807, 2.05) is 61.5 Å². The summed E-state index contributed by atoms with van der Waals surface area (Å²) in [4.78, 5) is 26.1. The molecule has 130 valence electrons. The van der Waals surface area contributed by atoms with Crippen LogP contribution in [-0.4, -0.2) is 34.5 Å². The lowest BCUT2D eigenvalue weighted by Gasteiger charge is -2.27. The maximum absolute atomic E-state index is 12.9. The molecule has 0 aromatic heterocycles. The number of nitrogens with zero attached hydrogens (tertiary/aromatic N) is 1. The van der Waals surface area contributed by atoms with E-state index in [-0.39, 0.29) is 5.91 Å². The lowest BCUT2D eigenvalue weighted by molar-refractivity contribution is -0.143. The van der Waals surface area contributed by atoms with E-state index in [1.165, 1.54) is 4.90 Å². The highest BCUT2D eigenvalue weighted by Gasteiger charge is 2.46. The second kappa shape index (κ2) is 6.69. The Morgan fingerprint density at radius 1 is 1.12 bits per heavy atom. The Morgan fingerprint density at radius 2 is 1.72 bits per heavy atom. The summed E-state index contributed by atoms with van der Waals surface area (Å²) in [5.74, 6) is -0.659. The van der Waals surface area contributed by atoms with Gasteiger partial charge in [0.1, 0.15) is 6.04 Å². The predicted molar refractivity (Wildman–Crippen MR) is 95.0 cm³/mol. The Hall–Kier alpha value is -2.66. The Bertz CT molecular complexity index is 773. The Labute approximate surface area is 147 Å². The number of carbonyl (C=O) groups is 2. The van der Waals surface area contributed by atoms with E-state index in [0.29, 0.717) is 13.0 Å². The molecule has 2 N–H and O–H groups in total. The molecule has 2 atom stereocenters. The standard InChI is InChI=1S/C20H22N2O3/c1-14(18(23)21-25)22-13-12-20(2,19(22)24)17-10-8-16(9-11-17)15-6-4-3-5-7-15/h3-11,14,25H,12-13H2,1-2H3,(H,21,23). The van der Waals surface area contributed by atoms with Crippen molar-refractivity contribution >= 4 is 11.8 Å². The van der Waals surface area contributed by atoms with Gasteiger partial charge in [0.15, 0.2) is 0 Å². The van der Waals surface area contributed by atoms with Crippen molar-refractivity contribution in [2.45, 2.75) is 31.7 Å². The minimum absolute atomic E-state index is 0.0870. The van der Waals surface area contributed by atoms with Crippen LogP contribution in [-0.2, 0) is 15.0 Å². The van der Waals surface area contributed by atoms with Crippen molar-refractivity contribution in [2.75, 3.05) is 6.54 Å². The Kier molecular flexibility index (Phi) is 4.59. The molecule has 25 heavy (non-hydrogen) atoms. The molecule has 1 heterocycles. The molecule has 1 aliphatic rings. The van der Waals surface area contributed by atoms with Crippen LogP contribution in [0.2, 0.25) is 0 Å². The highest BCUT2D eigenvalue weighted by atomic mass is 16.5. The quantitative estimate of drug-likeness (QED) is 0.665. The van der Waals surface area contributed by atoms with Crippen molar-refractivity contribution in [3.05, 3.63) is 60.2 Å². The molecular formula is C20H22N2O3. The van der Waals surface area contributed by atoms with E-state index in [1.54, 1.807) is 12.4 Å². The molecule has 5 heteroatoms. The smallest absolute Gasteiger partial charge is 0.265 e. The zero-order chi connectivity index (χ0) is 18.0. The monoisotopic (exact) mass is 338 g/mol. The fourth-order valence-electron chi connectivity index (χ4n) is 3.40. The largest absolute Gasteiger partial charge is 0.330 e. The fraction of sp³-hybridized carbons (Fsp3) is 0.300. The van der Waals surface area contributed by atoms with Gasteiger partial charge in [-0.1, -0.05) is 54.6 Å². The summed E-state index contributed by atoms with van der Waals surface area (Å²) in [7, 11) is 0. The van der Waals surface area contributed by atoms with Gasteiger partial charge >= 0.3 is 0 Å². The van der Waals surface area contributed by atoms with Gasteiger partial charge in [0.2, 0.25) is 5.91 Å². The van der Waals surface area contributed by atoms with Gasteiger partial charge < -0.3 is 4.90 Å². The van der Waals surface area contributed by atoms with Gasteiger partial charge in [-0.2, -0.15) is 0 Å². The molecule has 0 spiro atoms. The lowest BCUT2D eigenvalue weighted by atomic mass is 9.80. The van der Waals surface area contributed by atoms with E-state index in [9.17, 15) is 9.59 Å². The third kappa shape index (κ3) is 3.03. The third-order valence-corrected chi connectivity index (χ3v) is 5.17. The first kappa shape index (κ1) is 17.2. The first-order valence-corrected chi connectivity index (χ1v) is 8.38.